The van der Waals surface area contributed by atoms with E-state index in [1.54, 1.807) is 6.07 Å². The Kier molecular flexibility index (Phi) is 8.58. The van der Waals surface area contributed by atoms with Crippen molar-refractivity contribution < 1.29 is 4.42 Å². The molecule has 2 nitrogen and oxygen atoms in total. The lowest BCUT2D eigenvalue weighted by Crippen LogP contribution is -2.16. The van der Waals surface area contributed by atoms with E-state index in [4.69, 9.17) is 39.2 Å². The van der Waals surface area contributed by atoms with Crippen LogP contribution in [0.1, 0.15) is 11.3 Å². The van der Waals surface area contributed by atoms with Crippen molar-refractivity contribution in [3.05, 3.63) is 78.5 Å². The normalized spacial score (nSPS) is 10.6. The van der Waals surface area contributed by atoms with Crippen molar-refractivity contribution >= 4 is 69.8 Å². The molecule has 1 aromatic heterocycles. The molecule has 0 unspecified atom stereocenters. The van der Waals surface area contributed by atoms with Crippen LogP contribution in [-0.2, 0) is 13.0 Å². The summed E-state index contributed by atoms with van der Waals surface area (Å²) >= 11 is 20.6. The molecule has 0 saturated carbocycles. The average Bonchev–Trinajstić information content (AvgIpc) is 3.02. The minimum absolute atomic E-state index is 0. The Morgan fingerprint density at radius 1 is 0.923 bits per heavy atom. The smallest absolute Gasteiger partial charge is 0.135 e. The Hall–Kier alpha value is -0.430. The van der Waals surface area contributed by atoms with E-state index in [1.807, 2.05) is 42.5 Å². The number of nitrogens with one attached hydrogen (secondary N) is 1. The summed E-state index contributed by atoms with van der Waals surface area (Å²) in [5.74, 6) is 1.64. The van der Waals surface area contributed by atoms with E-state index < -0.39 is 0 Å². The molecule has 0 saturated heterocycles. The van der Waals surface area contributed by atoms with Gasteiger partial charge in [-0.3, -0.25) is 0 Å². The van der Waals surface area contributed by atoms with E-state index >= 15 is 0 Å². The quantitative estimate of drug-likeness (QED) is 0.262. The fourth-order valence-electron chi connectivity index (χ4n) is 2.47. The Labute approximate surface area is 187 Å². The van der Waals surface area contributed by atoms with Crippen LogP contribution in [0.3, 0.4) is 0 Å². The van der Waals surface area contributed by atoms with Gasteiger partial charge in [-0.25, -0.2) is 0 Å². The Balaban J connectivity index is 0.00000243. The van der Waals surface area contributed by atoms with Crippen LogP contribution < -0.4 is 5.32 Å². The zero-order valence-corrected chi connectivity index (χ0v) is 18.8. The molecular weight excluding hydrogens is 527 g/mol. The molecule has 1 N–H and O–H groups in total. The molecule has 0 aliphatic carbocycles. The predicted molar refractivity (Wildman–Crippen MR) is 121 cm³/mol. The van der Waals surface area contributed by atoms with Gasteiger partial charge in [0, 0.05) is 19.2 Å². The lowest BCUT2D eigenvalue weighted by atomic mass is 10.1. The second-order valence-electron chi connectivity index (χ2n) is 5.55. The second-order valence-corrected chi connectivity index (χ2v) is 8.05. The summed E-state index contributed by atoms with van der Waals surface area (Å²) in [5, 5.41) is 5.40. The summed E-state index contributed by atoms with van der Waals surface area (Å²) in [6, 6.07) is 15.4. The lowest BCUT2D eigenvalue weighted by Gasteiger charge is -2.06. The molecule has 26 heavy (non-hydrogen) atoms. The first-order valence-electron chi connectivity index (χ1n) is 7.72. The second kappa shape index (κ2) is 10.2. The summed E-state index contributed by atoms with van der Waals surface area (Å²) in [7, 11) is 0. The maximum atomic E-state index is 6.29. The number of rotatable bonds is 6. The molecule has 0 aliphatic rings. The molecule has 0 aliphatic heterocycles. The van der Waals surface area contributed by atoms with E-state index in [9.17, 15) is 0 Å². The number of benzene rings is 2. The van der Waals surface area contributed by atoms with Crippen LogP contribution in [0.5, 0.6) is 0 Å². The SMILES string of the molecule is Cl.Clc1ccc(CCNCc2ccc(-c3ccc(I)cc3Cl)o2)c(Cl)c1. The van der Waals surface area contributed by atoms with Gasteiger partial charge in [0.25, 0.3) is 0 Å². The zero-order chi connectivity index (χ0) is 17.8. The van der Waals surface area contributed by atoms with Gasteiger partial charge in [0.05, 0.1) is 11.6 Å². The zero-order valence-electron chi connectivity index (χ0n) is 13.6. The van der Waals surface area contributed by atoms with Crippen molar-refractivity contribution in [2.24, 2.45) is 0 Å². The van der Waals surface area contributed by atoms with Gasteiger partial charge in [-0.15, -0.1) is 12.4 Å². The fraction of sp³-hybridized carbons (Fsp3) is 0.158. The van der Waals surface area contributed by atoms with Crippen LogP contribution in [0.4, 0.5) is 0 Å². The van der Waals surface area contributed by atoms with Crippen molar-refractivity contribution in [3.63, 3.8) is 0 Å². The van der Waals surface area contributed by atoms with Gasteiger partial charge < -0.3 is 9.73 Å². The topological polar surface area (TPSA) is 25.2 Å². The summed E-state index contributed by atoms with van der Waals surface area (Å²) in [6.07, 6.45) is 0.826. The highest BCUT2D eigenvalue weighted by atomic mass is 127. The summed E-state index contributed by atoms with van der Waals surface area (Å²) < 4.78 is 6.99. The molecule has 0 bridgehead atoms. The highest BCUT2D eigenvalue weighted by Crippen LogP contribution is 2.30. The highest BCUT2D eigenvalue weighted by Gasteiger charge is 2.09. The minimum atomic E-state index is 0. The van der Waals surface area contributed by atoms with Gasteiger partial charge in [0.15, 0.2) is 0 Å². The van der Waals surface area contributed by atoms with E-state index in [1.165, 1.54) is 0 Å². The first-order chi connectivity index (χ1) is 12.0. The molecule has 0 atom stereocenters. The van der Waals surface area contributed by atoms with E-state index in [0.717, 1.165) is 39.2 Å². The lowest BCUT2D eigenvalue weighted by molar-refractivity contribution is 0.495. The molecule has 0 fully saturated rings. The largest absolute Gasteiger partial charge is 0.460 e. The maximum absolute atomic E-state index is 6.29. The first-order valence-corrected chi connectivity index (χ1v) is 9.93. The monoisotopic (exact) mass is 541 g/mol. The van der Waals surface area contributed by atoms with Crippen LogP contribution >= 0.6 is 69.8 Å². The molecule has 2 aromatic carbocycles. The molecule has 3 aromatic rings. The third kappa shape index (κ3) is 5.78. The van der Waals surface area contributed by atoms with Crippen LogP contribution in [0.25, 0.3) is 11.3 Å². The Bertz CT molecular complexity index is 882. The molecule has 1 heterocycles. The molecule has 0 radical (unpaired) electrons. The number of hydrogen-bond acceptors (Lipinski definition) is 2. The van der Waals surface area contributed by atoms with Crippen LogP contribution in [-0.4, -0.2) is 6.54 Å². The van der Waals surface area contributed by atoms with Crippen molar-refractivity contribution in [1.82, 2.24) is 5.32 Å². The highest BCUT2D eigenvalue weighted by molar-refractivity contribution is 14.1. The molecule has 138 valence electrons. The summed E-state index contributed by atoms with van der Waals surface area (Å²) in [4.78, 5) is 0. The third-order valence-corrected chi connectivity index (χ3v) is 5.31. The Morgan fingerprint density at radius 3 is 2.46 bits per heavy atom. The standard InChI is InChI=1S/C19H15Cl3INO.ClH/c20-13-2-1-12(17(21)9-13)7-8-24-11-15-4-6-19(25-15)16-5-3-14(23)10-18(16)22;/h1-6,9-10,24H,7-8,11H2;1H. The number of furan rings is 1. The van der Waals surface area contributed by atoms with Gasteiger partial charge in [-0.2, -0.15) is 0 Å². The predicted octanol–water partition coefficient (Wildman–Crippen LogP) is 7.27. The van der Waals surface area contributed by atoms with E-state index in [-0.39, 0.29) is 12.4 Å². The summed E-state index contributed by atoms with van der Waals surface area (Å²) in [6.45, 7) is 1.44. The Morgan fingerprint density at radius 2 is 1.73 bits per heavy atom. The van der Waals surface area contributed by atoms with Gasteiger partial charge >= 0.3 is 0 Å². The van der Waals surface area contributed by atoms with Gasteiger partial charge in [0.2, 0.25) is 0 Å². The number of halogens is 5. The van der Waals surface area contributed by atoms with Crippen LogP contribution in [0.2, 0.25) is 15.1 Å². The third-order valence-electron chi connectivity index (χ3n) is 3.74. The van der Waals surface area contributed by atoms with E-state index in [0.29, 0.717) is 21.6 Å². The number of hydrogen-bond donors (Lipinski definition) is 1. The van der Waals surface area contributed by atoms with Crippen LogP contribution in [0.15, 0.2) is 52.9 Å². The van der Waals surface area contributed by atoms with Gasteiger partial charge in [-0.05, 0) is 83.6 Å². The summed E-state index contributed by atoms with van der Waals surface area (Å²) in [5.41, 5.74) is 1.98. The molecule has 0 spiro atoms. The van der Waals surface area contributed by atoms with E-state index in [2.05, 4.69) is 27.9 Å². The first kappa shape index (κ1) is 21.9. The van der Waals surface area contributed by atoms with Crippen molar-refractivity contribution in [2.75, 3.05) is 6.54 Å². The maximum Gasteiger partial charge on any atom is 0.135 e. The molecule has 3 rings (SSSR count). The molecule has 7 heteroatoms. The van der Waals surface area contributed by atoms with Crippen molar-refractivity contribution in [3.8, 4) is 11.3 Å². The van der Waals surface area contributed by atoms with Crippen molar-refractivity contribution in [2.45, 2.75) is 13.0 Å². The minimum Gasteiger partial charge on any atom is -0.460 e. The molecular formula is C19H16Cl4INO. The average molecular weight is 543 g/mol. The van der Waals surface area contributed by atoms with Gasteiger partial charge in [-0.1, -0.05) is 40.9 Å². The molecule has 0 amide bonds. The van der Waals surface area contributed by atoms with Gasteiger partial charge in [0.1, 0.15) is 11.5 Å². The fourth-order valence-corrected chi connectivity index (χ4v) is 3.92. The van der Waals surface area contributed by atoms with Crippen molar-refractivity contribution in [1.29, 1.82) is 0 Å². The van der Waals surface area contributed by atoms with Crippen LogP contribution in [0, 0.1) is 3.57 Å².